The number of nitrogens with one attached hydrogen (secondary N) is 1. The van der Waals surface area contributed by atoms with E-state index in [-0.39, 0.29) is 17.1 Å². The molecule has 0 amide bonds. The van der Waals surface area contributed by atoms with Gasteiger partial charge < -0.3 is 4.74 Å². The summed E-state index contributed by atoms with van der Waals surface area (Å²) >= 11 is 7.22. The molecule has 0 unspecified atom stereocenters. The van der Waals surface area contributed by atoms with E-state index >= 15 is 0 Å². The van der Waals surface area contributed by atoms with Crippen LogP contribution < -0.4 is 15.0 Å². The largest absolute Gasteiger partial charge is 0.485 e. The van der Waals surface area contributed by atoms with E-state index in [2.05, 4.69) is 9.71 Å². The first-order chi connectivity index (χ1) is 14.7. The minimum Gasteiger partial charge on any atom is -0.485 e. The van der Waals surface area contributed by atoms with Crippen LogP contribution in [0.1, 0.15) is 17.0 Å². The van der Waals surface area contributed by atoms with Crippen molar-refractivity contribution in [3.05, 3.63) is 86.2 Å². The maximum atomic E-state index is 12.8. The van der Waals surface area contributed by atoms with Crippen LogP contribution in [-0.2, 0) is 16.6 Å². The van der Waals surface area contributed by atoms with Gasteiger partial charge in [-0.1, -0.05) is 17.7 Å². The maximum absolute atomic E-state index is 12.8. The Bertz CT molecular complexity index is 1430. The fraction of sp³-hybridized carbons (Fsp3) is 0.143. The van der Waals surface area contributed by atoms with Gasteiger partial charge in [0.05, 0.1) is 16.3 Å². The molecule has 0 radical (unpaired) electrons. The first-order valence-electron chi connectivity index (χ1n) is 9.21. The van der Waals surface area contributed by atoms with Gasteiger partial charge in [0.2, 0.25) is 0 Å². The van der Waals surface area contributed by atoms with Crippen molar-refractivity contribution in [2.45, 2.75) is 25.3 Å². The van der Waals surface area contributed by atoms with Crippen molar-refractivity contribution in [2.24, 2.45) is 0 Å². The Morgan fingerprint density at radius 2 is 1.87 bits per heavy atom. The summed E-state index contributed by atoms with van der Waals surface area (Å²) in [6, 6.07) is 12.5. The lowest BCUT2D eigenvalue weighted by Gasteiger charge is -2.14. The smallest absolute Gasteiger partial charge is 0.262 e. The van der Waals surface area contributed by atoms with Gasteiger partial charge in [-0.15, -0.1) is 11.3 Å². The zero-order valence-corrected chi connectivity index (χ0v) is 19.0. The Morgan fingerprint density at radius 3 is 2.61 bits per heavy atom. The molecule has 1 N–H and O–H groups in total. The van der Waals surface area contributed by atoms with Gasteiger partial charge in [0.25, 0.3) is 15.6 Å². The number of hydrogen-bond donors (Lipinski definition) is 1. The number of fused-ring (bicyclic) bond motifs is 1. The lowest BCUT2D eigenvalue weighted by Crippen LogP contribution is -2.16. The standard InChI is InChI=1S/C21H18ClN3O4S2/c1-13-3-8-19(18(9-13)24-31(27,28)17-6-4-15(22)5-7-17)29-11-16-10-20(26)25-14(2)12-30-21(25)23-16/h3-10,12,24H,11H2,1-2H3. The number of sulfonamides is 1. The molecule has 160 valence electrons. The molecular weight excluding hydrogens is 458 g/mol. The van der Waals surface area contributed by atoms with Crippen molar-refractivity contribution < 1.29 is 13.2 Å². The summed E-state index contributed by atoms with van der Waals surface area (Å²) in [6.45, 7) is 3.70. The molecule has 0 saturated heterocycles. The summed E-state index contributed by atoms with van der Waals surface area (Å²) in [5.74, 6) is 0.326. The normalized spacial score (nSPS) is 11.6. The quantitative estimate of drug-likeness (QED) is 0.446. The van der Waals surface area contributed by atoms with E-state index in [1.165, 1.54) is 46.1 Å². The van der Waals surface area contributed by atoms with E-state index in [0.717, 1.165) is 11.3 Å². The molecule has 2 heterocycles. The molecular formula is C21H18ClN3O4S2. The van der Waals surface area contributed by atoms with Gasteiger partial charge in [-0.25, -0.2) is 13.4 Å². The highest BCUT2D eigenvalue weighted by Crippen LogP contribution is 2.29. The van der Waals surface area contributed by atoms with Crippen molar-refractivity contribution in [3.63, 3.8) is 0 Å². The second-order valence-electron chi connectivity index (χ2n) is 6.93. The summed E-state index contributed by atoms with van der Waals surface area (Å²) in [4.78, 5) is 17.5. The van der Waals surface area contributed by atoms with Crippen molar-refractivity contribution in [3.8, 4) is 5.75 Å². The van der Waals surface area contributed by atoms with Crippen LogP contribution in [0.25, 0.3) is 4.96 Å². The van der Waals surface area contributed by atoms with Gasteiger partial charge in [0.1, 0.15) is 12.4 Å². The fourth-order valence-electron chi connectivity index (χ4n) is 2.99. The monoisotopic (exact) mass is 475 g/mol. The first-order valence-corrected chi connectivity index (χ1v) is 12.0. The molecule has 0 atom stereocenters. The zero-order chi connectivity index (χ0) is 22.2. The summed E-state index contributed by atoms with van der Waals surface area (Å²) in [5.41, 5.74) is 2.24. The van der Waals surface area contributed by atoms with Crippen molar-refractivity contribution in [1.29, 1.82) is 0 Å². The summed E-state index contributed by atoms with van der Waals surface area (Å²) < 4.78 is 35.5. The number of benzene rings is 2. The Balaban J connectivity index is 1.60. The van der Waals surface area contributed by atoms with Crippen molar-refractivity contribution in [2.75, 3.05) is 4.72 Å². The SMILES string of the molecule is Cc1ccc(OCc2cc(=O)n3c(C)csc3n2)c(NS(=O)(=O)c2ccc(Cl)cc2)c1. The van der Waals surface area contributed by atoms with E-state index in [4.69, 9.17) is 16.3 Å². The molecule has 10 heteroatoms. The lowest BCUT2D eigenvalue weighted by molar-refractivity contribution is 0.303. The topological polar surface area (TPSA) is 89.8 Å². The third kappa shape index (κ3) is 4.58. The Morgan fingerprint density at radius 1 is 1.13 bits per heavy atom. The minimum absolute atomic E-state index is 0.0153. The van der Waals surface area contributed by atoms with E-state index in [1.807, 2.05) is 25.3 Å². The highest BCUT2D eigenvalue weighted by atomic mass is 35.5. The van der Waals surface area contributed by atoms with E-state index in [9.17, 15) is 13.2 Å². The van der Waals surface area contributed by atoms with Gasteiger partial charge in [-0.2, -0.15) is 0 Å². The van der Waals surface area contributed by atoms with E-state index in [0.29, 0.717) is 27.1 Å². The second-order valence-corrected chi connectivity index (χ2v) is 9.88. The van der Waals surface area contributed by atoms with Gasteiger partial charge >= 0.3 is 0 Å². The second kappa shape index (κ2) is 8.33. The van der Waals surface area contributed by atoms with Gasteiger partial charge in [0.15, 0.2) is 4.96 Å². The van der Waals surface area contributed by atoms with Crippen LogP contribution in [0.4, 0.5) is 5.69 Å². The van der Waals surface area contributed by atoms with Gasteiger partial charge in [-0.3, -0.25) is 13.9 Å². The van der Waals surface area contributed by atoms with Crippen molar-refractivity contribution >= 4 is 43.6 Å². The summed E-state index contributed by atoms with van der Waals surface area (Å²) in [5, 5.41) is 2.30. The predicted octanol–water partition coefficient (Wildman–Crippen LogP) is 4.41. The van der Waals surface area contributed by atoms with Crippen LogP contribution in [0.3, 0.4) is 0 Å². The molecule has 0 aliphatic rings. The average Bonchev–Trinajstić information content (AvgIpc) is 3.08. The molecule has 2 aromatic heterocycles. The average molecular weight is 476 g/mol. The summed E-state index contributed by atoms with van der Waals surface area (Å²) in [7, 11) is -3.84. The number of hydrogen-bond acceptors (Lipinski definition) is 6. The number of anilines is 1. The zero-order valence-electron chi connectivity index (χ0n) is 16.6. The number of halogens is 1. The van der Waals surface area contributed by atoms with Crippen molar-refractivity contribution in [1.82, 2.24) is 9.38 Å². The Labute approximate surface area is 188 Å². The number of ether oxygens (including phenoxy) is 1. The Hall–Kier alpha value is -2.88. The number of rotatable bonds is 6. The highest BCUT2D eigenvalue weighted by Gasteiger charge is 2.17. The number of aryl methyl sites for hydroxylation is 2. The number of nitrogens with zero attached hydrogens (tertiary/aromatic N) is 2. The third-order valence-electron chi connectivity index (χ3n) is 4.51. The third-order valence-corrected chi connectivity index (χ3v) is 7.08. The van der Waals surface area contributed by atoms with Crippen LogP contribution in [0.5, 0.6) is 5.75 Å². The molecule has 0 spiro atoms. The molecule has 0 aliphatic carbocycles. The van der Waals surface area contributed by atoms with Crippen LogP contribution in [-0.4, -0.2) is 17.8 Å². The lowest BCUT2D eigenvalue weighted by atomic mass is 10.2. The van der Waals surface area contributed by atoms with Crippen LogP contribution in [0.15, 0.2) is 63.6 Å². The fourth-order valence-corrected chi connectivity index (χ4v) is 5.07. The molecule has 2 aromatic carbocycles. The molecule has 4 rings (SSSR count). The molecule has 0 bridgehead atoms. The van der Waals surface area contributed by atoms with Crippen LogP contribution in [0.2, 0.25) is 5.02 Å². The molecule has 4 aromatic rings. The number of thiazole rings is 1. The first kappa shape index (κ1) is 21.4. The molecule has 31 heavy (non-hydrogen) atoms. The van der Waals surface area contributed by atoms with Gasteiger partial charge in [0, 0.05) is 22.2 Å². The highest BCUT2D eigenvalue weighted by molar-refractivity contribution is 7.92. The molecule has 0 fully saturated rings. The Kier molecular flexibility index (Phi) is 5.74. The van der Waals surface area contributed by atoms with Gasteiger partial charge in [-0.05, 0) is 55.8 Å². The van der Waals surface area contributed by atoms with Crippen LogP contribution in [0, 0.1) is 13.8 Å². The molecule has 7 nitrogen and oxygen atoms in total. The molecule has 0 saturated carbocycles. The number of aromatic nitrogens is 2. The maximum Gasteiger partial charge on any atom is 0.262 e. The minimum atomic E-state index is -3.84. The van der Waals surface area contributed by atoms with Crippen LogP contribution >= 0.6 is 22.9 Å². The van der Waals surface area contributed by atoms with E-state index < -0.39 is 10.0 Å². The summed E-state index contributed by atoms with van der Waals surface area (Å²) in [6.07, 6.45) is 0. The molecule has 0 aliphatic heterocycles. The predicted molar refractivity (Wildman–Crippen MR) is 122 cm³/mol. The van der Waals surface area contributed by atoms with E-state index in [1.54, 1.807) is 12.1 Å².